The molecule has 1 amide bonds. The van der Waals surface area contributed by atoms with Crippen LogP contribution in [0.15, 0.2) is 91.0 Å². The quantitative estimate of drug-likeness (QED) is 0.222. The number of ether oxygens (including phenoxy) is 3. The number of hydrogen-bond acceptors (Lipinski definition) is 7. The maximum Gasteiger partial charge on any atom is 0.338 e. The van der Waals surface area contributed by atoms with Crippen LogP contribution in [-0.4, -0.2) is 49.2 Å². The van der Waals surface area contributed by atoms with Crippen molar-refractivity contribution in [1.82, 2.24) is 9.97 Å². The van der Waals surface area contributed by atoms with E-state index >= 15 is 0 Å². The summed E-state index contributed by atoms with van der Waals surface area (Å²) in [6.07, 6.45) is 1.80. The molecule has 0 unspecified atom stereocenters. The second-order valence-corrected chi connectivity index (χ2v) is 9.94. The number of aromatic nitrogens is 2. The topological polar surface area (TPSA) is 90.9 Å². The van der Waals surface area contributed by atoms with Gasteiger partial charge in [-0.1, -0.05) is 18.2 Å². The number of methoxy groups -OCH3 is 2. The van der Waals surface area contributed by atoms with E-state index in [0.29, 0.717) is 34.5 Å². The number of hydrogen-bond donors (Lipinski definition) is 0. The van der Waals surface area contributed by atoms with Crippen molar-refractivity contribution in [3.8, 4) is 34.0 Å². The fraction of sp³-hybridized carbons (Fsp3) is 0.176. The number of fused-ring (bicyclic) bond motifs is 2. The Morgan fingerprint density at radius 3 is 2.02 bits per heavy atom. The number of para-hydroxylation sites is 1. The average molecular weight is 560 g/mol. The molecule has 8 heteroatoms. The Labute approximate surface area is 243 Å². The van der Waals surface area contributed by atoms with Crippen LogP contribution in [0, 0.1) is 0 Å². The number of carbonyl (C=O) groups excluding carboxylic acids is 2. The second-order valence-electron chi connectivity index (χ2n) is 9.94. The molecule has 6 rings (SSSR count). The smallest absolute Gasteiger partial charge is 0.338 e. The highest BCUT2D eigenvalue weighted by molar-refractivity contribution is 5.99. The largest absolute Gasteiger partial charge is 0.497 e. The molecule has 0 bridgehead atoms. The van der Waals surface area contributed by atoms with Gasteiger partial charge in [0, 0.05) is 23.4 Å². The summed E-state index contributed by atoms with van der Waals surface area (Å²) in [5.41, 5.74) is 6.51. The zero-order chi connectivity index (χ0) is 29.1. The molecule has 42 heavy (non-hydrogen) atoms. The van der Waals surface area contributed by atoms with Gasteiger partial charge in [-0.25, -0.2) is 14.8 Å². The van der Waals surface area contributed by atoms with Crippen LogP contribution in [0.5, 0.6) is 11.5 Å². The van der Waals surface area contributed by atoms with Gasteiger partial charge in [-0.2, -0.15) is 0 Å². The van der Waals surface area contributed by atoms with Crippen LogP contribution in [0.2, 0.25) is 0 Å². The molecule has 0 spiro atoms. The normalized spacial score (nSPS) is 12.5. The van der Waals surface area contributed by atoms with E-state index in [-0.39, 0.29) is 12.5 Å². The van der Waals surface area contributed by atoms with Gasteiger partial charge in [0.25, 0.3) is 5.91 Å². The van der Waals surface area contributed by atoms with Crippen molar-refractivity contribution in [2.24, 2.45) is 0 Å². The molecule has 0 radical (unpaired) electrons. The molecule has 1 aliphatic heterocycles. The highest BCUT2D eigenvalue weighted by Crippen LogP contribution is 2.33. The van der Waals surface area contributed by atoms with Gasteiger partial charge in [-0.05, 0) is 91.2 Å². The Morgan fingerprint density at radius 1 is 0.762 bits per heavy atom. The predicted molar refractivity (Wildman–Crippen MR) is 161 cm³/mol. The molecule has 1 aliphatic rings. The first-order valence-electron chi connectivity index (χ1n) is 13.7. The Morgan fingerprint density at radius 2 is 1.38 bits per heavy atom. The predicted octanol–water partition coefficient (Wildman–Crippen LogP) is 6.12. The minimum Gasteiger partial charge on any atom is -0.497 e. The Bertz CT molecular complexity index is 1770. The lowest BCUT2D eigenvalue weighted by molar-refractivity contribution is -0.121. The molecular weight excluding hydrogens is 530 g/mol. The summed E-state index contributed by atoms with van der Waals surface area (Å²) in [6.45, 7) is 0.258. The Balaban J connectivity index is 1.29. The third-order valence-electron chi connectivity index (χ3n) is 7.36. The fourth-order valence-electron chi connectivity index (χ4n) is 5.16. The van der Waals surface area contributed by atoms with Gasteiger partial charge in [0.1, 0.15) is 11.5 Å². The van der Waals surface area contributed by atoms with E-state index in [2.05, 4.69) is 0 Å². The summed E-state index contributed by atoms with van der Waals surface area (Å²) in [6, 6.07) is 28.1. The number of aryl methyl sites for hydroxylation is 1. The monoisotopic (exact) mass is 559 g/mol. The highest BCUT2D eigenvalue weighted by atomic mass is 16.5. The zero-order valence-electron chi connectivity index (χ0n) is 23.4. The number of anilines is 1. The van der Waals surface area contributed by atoms with Crippen LogP contribution in [0.3, 0.4) is 0 Å². The van der Waals surface area contributed by atoms with E-state index in [9.17, 15) is 9.59 Å². The summed E-state index contributed by atoms with van der Waals surface area (Å²) >= 11 is 0. The number of rotatable bonds is 7. The molecule has 2 heterocycles. The van der Waals surface area contributed by atoms with E-state index in [4.69, 9.17) is 24.2 Å². The summed E-state index contributed by atoms with van der Waals surface area (Å²) in [4.78, 5) is 37.6. The van der Waals surface area contributed by atoms with Gasteiger partial charge in [-0.15, -0.1) is 0 Å². The fourth-order valence-corrected chi connectivity index (χ4v) is 5.16. The van der Waals surface area contributed by atoms with Gasteiger partial charge in [-0.3, -0.25) is 4.79 Å². The molecular formula is C34H29N3O5. The van der Waals surface area contributed by atoms with Crippen LogP contribution in [0.4, 0.5) is 5.69 Å². The standard InChI is InChI=1S/C34H29N3O5/c1-40-26-14-9-23(10-15-26)32-33(24-11-16-27(41-2)17-12-24)36-29-20-25(13-18-28(29)35-32)34(39)42-21-31(38)37-19-5-7-22-6-3-4-8-30(22)37/h3-4,6,8-18,20H,5,7,19,21H2,1-2H3. The molecule has 5 aromatic rings. The molecule has 4 aromatic carbocycles. The zero-order valence-corrected chi connectivity index (χ0v) is 23.4. The average Bonchev–Trinajstić information content (AvgIpc) is 3.06. The SMILES string of the molecule is COc1ccc(-c2nc3ccc(C(=O)OCC(=O)N4CCCc5ccccc54)cc3nc2-c2ccc(OC)cc2)cc1. The van der Waals surface area contributed by atoms with E-state index in [1.165, 1.54) is 0 Å². The van der Waals surface area contributed by atoms with Crippen molar-refractivity contribution >= 4 is 28.6 Å². The van der Waals surface area contributed by atoms with Gasteiger partial charge < -0.3 is 19.1 Å². The lowest BCUT2D eigenvalue weighted by Crippen LogP contribution is -2.38. The van der Waals surface area contributed by atoms with Crippen LogP contribution in [0.25, 0.3) is 33.5 Å². The maximum absolute atomic E-state index is 13.0. The lowest BCUT2D eigenvalue weighted by Gasteiger charge is -2.29. The maximum atomic E-state index is 13.0. The minimum absolute atomic E-state index is 0.248. The van der Waals surface area contributed by atoms with E-state index < -0.39 is 5.97 Å². The highest BCUT2D eigenvalue weighted by Gasteiger charge is 2.23. The van der Waals surface area contributed by atoms with E-state index in [1.54, 1.807) is 37.3 Å². The third kappa shape index (κ3) is 5.39. The number of nitrogens with zero attached hydrogens (tertiary/aromatic N) is 3. The van der Waals surface area contributed by atoms with Gasteiger partial charge in [0.05, 0.1) is 42.2 Å². The van der Waals surface area contributed by atoms with Gasteiger partial charge >= 0.3 is 5.97 Å². The van der Waals surface area contributed by atoms with E-state index in [1.807, 2.05) is 72.8 Å². The molecule has 0 N–H and O–H groups in total. The Hall–Kier alpha value is -5.24. The van der Waals surface area contributed by atoms with Crippen molar-refractivity contribution in [2.45, 2.75) is 12.8 Å². The van der Waals surface area contributed by atoms with Crippen LogP contribution >= 0.6 is 0 Å². The summed E-state index contributed by atoms with van der Waals surface area (Å²) in [5.74, 6) is 0.625. The molecule has 0 aliphatic carbocycles. The molecule has 1 aromatic heterocycles. The van der Waals surface area contributed by atoms with Crippen molar-refractivity contribution in [3.05, 3.63) is 102 Å². The first-order chi connectivity index (χ1) is 20.5. The molecule has 0 atom stereocenters. The van der Waals surface area contributed by atoms with Gasteiger partial charge in [0.15, 0.2) is 6.61 Å². The molecule has 0 saturated heterocycles. The number of amides is 1. The number of carbonyl (C=O) groups is 2. The van der Waals surface area contributed by atoms with Crippen LogP contribution < -0.4 is 14.4 Å². The summed E-state index contributed by atoms with van der Waals surface area (Å²) < 4.78 is 16.1. The first-order valence-corrected chi connectivity index (χ1v) is 13.7. The number of esters is 1. The van der Waals surface area contributed by atoms with Crippen LogP contribution in [-0.2, 0) is 16.0 Å². The van der Waals surface area contributed by atoms with Crippen LogP contribution in [0.1, 0.15) is 22.3 Å². The molecule has 0 saturated carbocycles. The minimum atomic E-state index is -0.595. The second kappa shape index (κ2) is 11.7. The first kappa shape index (κ1) is 27.0. The third-order valence-corrected chi connectivity index (χ3v) is 7.36. The Kier molecular flexibility index (Phi) is 7.51. The molecule has 0 fully saturated rings. The van der Waals surface area contributed by atoms with Gasteiger partial charge in [0.2, 0.25) is 0 Å². The molecule has 8 nitrogen and oxygen atoms in total. The van der Waals surface area contributed by atoms with Crippen molar-refractivity contribution in [1.29, 1.82) is 0 Å². The summed E-state index contributed by atoms with van der Waals surface area (Å²) in [7, 11) is 3.24. The summed E-state index contributed by atoms with van der Waals surface area (Å²) in [5, 5.41) is 0. The lowest BCUT2D eigenvalue weighted by atomic mass is 10.0. The number of benzene rings is 4. The van der Waals surface area contributed by atoms with E-state index in [0.717, 1.165) is 46.7 Å². The van der Waals surface area contributed by atoms with Crippen molar-refractivity contribution in [2.75, 3.05) is 32.3 Å². The molecule has 210 valence electrons. The van der Waals surface area contributed by atoms with Crippen molar-refractivity contribution < 1.29 is 23.8 Å². The van der Waals surface area contributed by atoms with Crippen molar-refractivity contribution in [3.63, 3.8) is 0 Å².